The Kier molecular flexibility index (Phi) is 8.73. The third-order valence-corrected chi connectivity index (χ3v) is 7.66. The maximum absolute atomic E-state index is 13.3. The van der Waals surface area contributed by atoms with Gasteiger partial charge < -0.3 is 15.1 Å². The summed E-state index contributed by atoms with van der Waals surface area (Å²) in [5.74, 6) is 1.60. The van der Waals surface area contributed by atoms with E-state index in [-0.39, 0.29) is 0 Å². The number of halogens is 3. The van der Waals surface area contributed by atoms with Gasteiger partial charge >= 0.3 is 6.18 Å². The van der Waals surface area contributed by atoms with Crippen molar-refractivity contribution in [3.63, 3.8) is 0 Å². The van der Waals surface area contributed by atoms with Crippen LogP contribution in [0.15, 0.2) is 65.9 Å². The van der Waals surface area contributed by atoms with Gasteiger partial charge in [-0.2, -0.15) is 13.2 Å². The molecule has 0 amide bonds. The van der Waals surface area contributed by atoms with E-state index in [1.807, 2.05) is 49.5 Å². The van der Waals surface area contributed by atoms with Gasteiger partial charge in [0.2, 0.25) is 0 Å². The number of hydrogen-bond donors (Lipinski definition) is 1. The van der Waals surface area contributed by atoms with Crippen LogP contribution < -0.4 is 10.2 Å². The molecule has 6 nitrogen and oxygen atoms in total. The fraction of sp³-hybridized carbons (Fsp3) is 0.321. The van der Waals surface area contributed by atoms with E-state index in [0.717, 1.165) is 61.1 Å². The summed E-state index contributed by atoms with van der Waals surface area (Å²) in [6.07, 6.45) is 2.75. The molecule has 2 aromatic heterocycles. The van der Waals surface area contributed by atoms with E-state index in [9.17, 15) is 13.2 Å². The number of nitrogens with one attached hydrogen (secondary N) is 1. The summed E-state index contributed by atoms with van der Waals surface area (Å²) in [6, 6.07) is 11.5. The third-order valence-electron chi connectivity index (χ3n) is 6.36. The summed E-state index contributed by atoms with van der Waals surface area (Å²) >= 11 is 0.619. The lowest BCUT2D eigenvalue weighted by molar-refractivity contribution is -0.0554. The highest BCUT2D eigenvalue weighted by molar-refractivity contribution is 8.21. The summed E-state index contributed by atoms with van der Waals surface area (Å²) in [5.41, 5.74) is 2.48. The van der Waals surface area contributed by atoms with Crippen LogP contribution in [0.25, 0.3) is 21.4 Å². The average molecular weight is 541 g/mol. The Balaban J connectivity index is 1.53. The molecule has 0 radical (unpaired) electrons. The van der Waals surface area contributed by atoms with Gasteiger partial charge in [-0.1, -0.05) is 36.0 Å². The number of alkyl halides is 3. The second-order valence-corrected chi connectivity index (χ2v) is 9.97. The van der Waals surface area contributed by atoms with Crippen molar-refractivity contribution in [2.24, 2.45) is 4.99 Å². The van der Waals surface area contributed by atoms with Crippen molar-refractivity contribution < 1.29 is 13.2 Å². The minimum atomic E-state index is -4.49. The number of anilines is 2. The highest BCUT2D eigenvalue weighted by Gasteiger charge is 2.36. The minimum Gasteiger partial charge on any atom is -0.354 e. The van der Waals surface area contributed by atoms with Crippen LogP contribution in [0.3, 0.4) is 0 Å². The lowest BCUT2D eigenvalue weighted by Gasteiger charge is -2.33. The molecule has 10 heteroatoms. The number of rotatable bonds is 6. The minimum absolute atomic E-state index is 0.483. The Morgan fingerprint density at radius 2 is 1.68 bits per heavy atom. The fourth-order valence-corrected chi connectivity index (χ4v) is 4.98. The molecule has 1 N–H and O–H groups in total. The molecule has 3 heterocycles. The predicted molar refractivity (Wildman–Crippen MR) is 154 cm³/mol. The number of piperazine rings is 1. The number of allylic oxidation sites excluding steroid dienone is 2. The molecule has 0 atom stereocenters. The molecular formula is C28H31F3N6S. The van der Waals surface area contributed by atoms with Gasteiger partial charge in [-0.05, 0) is 56.1 Å². The summed E-state index contributed by atoms with van der Waals surface area (Å²) in [7, 11) is 3.28. The van der Waals surface area contributed by atoms with E-state index in [0.29, 0.717) is 28.0 Å². The van der Waals surface area contributed by atoms with E-state index in [2.05, 4.69) is 37.1 Å². The van der Waals surface area contributed by atoms with E-state index >= 15 is 0 Å². The van der Waals surface area contributed by atoms with Crippen LogP contribution in [0.2, 0.25) is 0 Å². The molecular weight excluding hydrogens is 509 g/mol. The third kappa shape index (κ3) is 6.54. The number of aromatic nitrogens is 2. The first-order valence-electron chi connectivity index (χ1n) is 12.3. The van der Waals surface area contributed by atoms with Crippen LogP contribution in [0.5, 0.6) is 0 Å². The Bertz CT molecular complexity index is 1360. The molecule has 0 unspecified atom stereocenters. The number of aliphatic imine (C=N–C) groups is 1. The van der Waals surface area contributed by atoms with Crippen LogP contribution in [-0.4, -0.2) is 66.4 Å². The van der Waals surface area contributed by atoms with Crippen molar-refractivity contribution in [2.75, 3.05) is 50.5 Å². The highest BCUT2D eigenvalue weighted by atomic mass is 32.2. The van der Waals surface area contributed by atoms with Crippen LogP contribution in [0.4, 0.5) is 24.8 Å². The topological polar surface area (TPSA) is 56.7 Å². The normalized spacial score (nSPS) is 16.3. The van der Waals surface area contributed by atoms with Gasteiger partial charge in [0, 0.05) is 67.2 Å². The molecule has 1 saturated heterocycles. The molecule has 1 fully saturated rings. The standard InChI is InChI=1S/C28H31F3N6S/c1-5-23(21-9-10-26(34-18-21)37-13-11-36(4)12-14-37)35-25-16-22-15-19(7-8-20(22)17-33-25)24(6-2)38-27(32-3)28(29,30)31/h5-10,15-18H,11-14H2,1-4H3,(H,33,35)/b23-5+,24-6+,32-27?. The molecule has 3 aromatic rings. The first kappa shape index (κ1) is 27.7. The molecule has 38 heavy (non-hydrogen) atoms. The second-order valence-electron chi connectivity index (χ2n) is 8.94. The number of likely N-dealkylation sites (N-methyl/N-ethyl adjacent to an activating group) is 1. The van der Waals surface area contributed by atoms with Crippen LogP contribution in [0.1, 0.15) is 25.0 Å². The van der Waals surface area contributed by atoms with Gasteiger partial charge in [-0.15, -0.1) is 0 Å². The molecule has 1 aromatic carbocycles. The SMILES string of the molecule is C/C=C(/Nc1cc2cc(/C(=C\C)SC(=NC)C(F)(F)F)ccc2cn1)c1ccc(N2CCN(C)CC2)nc1. The van der Waals surface area contributed by atoms with E-state index < -0.39 is 11.2 Å². The summed E-state index contributed by atoms with van der Waals surface area (Å²) in [5, 5.41) is 4.24. The molecule has 4 rings (SSSR count). The van der Waals surface area contributed by atoms with Gasteiger partial charge in [-0.25, -0.2) is 9.97 Å². The first-order valence-corrected chi connectivity index (χ1v) is 13.1. The molecule has 0 saturated carbocycles. The number of pyridine rings is 2. The molecule has 200 valence electrons. The van der Waals surface area contributed by atoms with Crippen molar-refractivity contribution in [2.45, 2.75) is 20.0 Å². The molecule has 0 spiro atoms. The van der Waals surface area contributed by atoms with Crippen molar-refractivity contribution in [3.05, 3.63) is 72.1 Å². The predicted octanol–water partition coefficient (Wildman–Crippen LogP) is 6.54. The quantitative estimate of drug-likeness (QED) is 0.283. The lowest BCUT2D eigenvalue weighted by Crippen LogP contribution is -2.44. The van der Waals surface area contributed by atoms with Crippen LogP contribution in [-0.2, 0) is 0 Å². The number of benzene rings is 1. The number of thioether (sulfide) groups is 1. The van der Waals surface area contributed by atoms with E-state index in [4.69, 9.17) is 0 Å². The van der Waals surface area contributed by atoms with E-state index in [1.165, 1.54) is 0 Å². The molecule has 0 bridgehead atoms. The van der Waals surface area contributed by atoms with Gasteiger partial charge in [0.05, 0.1) is 0 Å². The molecule has 1 aliphatic rings. The second kappa shape index (κ2) is 12.0. The summed E-state index contributed by atoms with van der Waals surface area (Å²) < 4.78 is 39.8. The summed E-state index contributed by atoms with van der Waals surface area (Å²) in [4.78, 5) is 17.7. The molecule has 0 aliphatic carbocycles. The van der Waals surface area contributed by atoms with Gasteiger partial charge in [0.25, 0.3) is 0 Å². The van der Waals surface area contributed by atoms with Crippen molar-refractivity contribution in [3.8, 4) is 0 Å². The Morgan fingerprint density at radius 3 is 2.29 bits per heavy atom. The average Bonchev–Trinajstić information content (AvgIpc) is 2.92. The first-order chi connectivity index (χ1) is 18.2. The van der Waals surface area contributed by atoms with Crippen molar-refractivity contribution in [1.29, 1.82) is 0 Å². The van der Waals surface area contributed by atoms with Gasteiger partial charge in [0.1, 0.15) is 11.6 Å². The van der Waals surface area contributed by atoms with Gasteiger partial charge in [-0.3, -0.25) is 4.99 Å². The summed E-state index contributed by atoms with van der Waals surface area (Å²) in [6.45, 7) is 7.61. The monoisotopic (exact) mass is 540 g/mol. The lowest BCUT2D eigenvalue weighted by atomic mass is 10.1. The number of nitrogens with zero attached hydrogens (tertiary/aromatic N) is 5. The Morgan fingerprint density at radius 1 is 0.947 bits per heavy atom. The Hall–Kier alpha value is -3.37. The fourth-order valence-electron chi connectivity index (χ4n) is 4.20. The number of fused-ring (bicyclic) bond motifs is 1. The van der Waals surface area contributed by atoms with Crippen molar-refractivity contribution in [1.82, 2.24) is 14.9 Å². The van der Waals surface area contributed by atoms with Crippen LogP contribution in [0, 0.1) is 0 Å². The van der Waals surface area contributed by atoms with E-state index in [1.54, 1.807) is 25.3 Å². The maximum atomic E-state index is 13.3. The van der Waals surface area contributed by atoms with Gasteiger partial charge in [0.15, 0.2) is 5.04 Å². The zero-order chi connectivity index (χ0) is 27.3. The maximum Gasteiger partial charge on any atom is 0.439 e. The van der Waals surface area contributed by atoms with Crippen LogP contribution >= 0.6 is 11.8 Å². The smallest absolute Gasteiger partial charge is 0.354 e. The van der Waals surface area contributed by atoms with Crippen molar-refractivity contribution >= 4 is 49.8 Å². The zero-order valence-corrected chi connectivity index (χ0v) is 22.7. The largest absolute Gasteiger partial charge is 0.439 e. The number of hydrogen-bond acceptors (Lipinski definition) is 7. The Labute approximate surface area is 225 Å². The zero-order valence-electron chi connectivity index (χ0n) is 21.9. The molecule has 1 aliphatic heterocycles. The highest BCUT2D eigenvalue weighted by Crippen LogP contribution is 2.36.